The number of amides is 1. The van der Waals surface area contributed by atoms with Gasteiger partial charge in [-0.05, 0) is 42.2 Å². The van der Waals surface area contributed by atoms with Gasteiger partial charge in [0.25, 0.3) is 5.91 Å². The van der Waals surface area contributed by atoms with Crippen molar-refractivity contribution in [1.29, 1.82) is 0 Å². The monoisotopic (exact) mass is 353 g/mol. The highest BCUT2D eigenvalue weighted by molar-refractivity contribution is 5.99. The molecular weight excluding hydrogens is 330 g/mol. The molecule has 1 aromatic carbocycles. The van der Waals surface area contributed by atoms with Crippen LogP contribution in [0.5, 0.6) is 11.6 Å². The van der Waals surface area contributed by atoms with Gasteiger partial charge in [-0.2, -0.15) is 0 Å². The molecule has 4 N–H and O–H groups in total. The summed E-state index contributed by atoms with van der Waals surface area (Å²) in [4.78, 5) is 15.0. The van der Waals surface area contributed by atoms with Gasteiger partial charge in [-0.25, -0.2) is 0 Å². The van der Waals surface area contributed by atoms with Crippen LogP contribution in [0.2, 0.25) is 0 Å². The largest absolute Gasteiger partial charge is 0.505 e. The van der Waals surface area contributed by atoms with Gasteiger partial charge in [0.05, 0.1) is 5.69 Å². The van der Waals surface area contributed by atoms with Crippen molar-refractivity contribution in [2.45, 2.75) is 26.8 Å². The summed E-state index contributed by atoms with van der Waals surface area (Å²) in [7, 11) is 0. The Morgan fingerprint density at radius 1 is 1.15 bits per heavy atom. The Morgan fingerprint density at radius 3 is 2.42 bits per heavy atom. The molecule has 0 unspecified atom stereocenters. The second-order valence-corrected chi connectivity index (χ2v) is 6.71. The number of H-pyrrole nitrogens is 1. The van der Waals surface area contributed by atoms with Crippen molar-refractivity contribution in [2.24, 2.45) is 5.92 Å². The van der Waals surface area contributed by atoms with Crippen LogP contribution in [0.1, 0.15) is 35.5 Å². The zero-order valence-electron chi connectivity index (χ0n) is 14.9. The first kappa shape index (κ1) is 17.7. The highest BCUT2D eigenvalue weighted by Crippen LogP contribution is 2.32. The summed E-state index contributed by atoms with van der Waals surface area (Å²) in [6.07, 6.45) is 4.47. The number of hydrogen-bond donors (Lipinski definition) is 4. The molecule has 0 atom stereocenters. The lowest BCUT2D eigenvalue weighted by atomic mass is 10.1. The maximum atomic E-state index is 12.4. The van der Waals surface area contributed by atoms with E-state index in [2.05, 4.69) is 10.3 Å². The molecule has 0 aliphatic rings. The minimum Gasteiger partial charge on any atom is -0.505 e. The van der Waals surface area contributed by atoms with Crippen LogP contribution in [-0.2, 0) is 13.0 Å². The molecule has 0 radical (unpaired) electrons. The molecule has 3 rings (SSSR count). The van der Waals surface area contributed by atoms with E-state index in [1.807, 2.05) is 67.2 Å². The third-order valence-electron chi connectivity index (χ3n) is 4.16. The van der Waals surface area contributed by atoms with Crippen molar-refractivity contribution in [2.75, 3.05) is 0 Å². The quantitative estimate of drug-likeness (QED) is 0.548. The van der Waals surface area contributed by atoms with Crippen LogP contribution in [0.4, 0.5) is 0 Å². The van der Waals surface area contributed by atoms with Gasteiger partial charge in [0, 0.05) is 24.6 Å². The maximum absolute atomic E-state index is 12.4. The van der Waals surface area contributed by atoms with Gasteiger partial charge in [0.1, 0.15) is 5.56 Å². The number of benzene rings is 1. The molecule has 0 saturated heterocycles. The lowest BCUT2D eigenvalue weighted by molar-refractivity contribution is 0.0945. The van der Waals surface area contributed by atoms with Gasteiger partial charge in [0.2, 0.25) is 5.88 Å². The van der Waals surface area contributed by atoms with E-state index < -0.39 is 5.91 Å². The first-order valence-corrected chi connectivity index (χ1v) is 8.59. The SMILES string of the molecule is CC(C)Cc1[nH]c(O)c(C(=O)NCc2ccc(-n3cccc3)cc2)c1O. The van der Waals surface area contributed by atoms with Crippen LogP contribution >= 0.6 is 0 Å². The van der Waals surface area contributed by atoms with E-state index >= 15 is 0 Å². The smallest absolute Gasteiger partial charge is 0.260 e. The van der Waals surface area contributed by atoms with Gasteiger partial charge in [-0.1, -0.05) is 26.0 Å². The number of rotatable bonds is 6. The van der Waals surface area contributed by atoms with Crippen molar-refractivity contribution < 1.29 is 15.0 Å². The lowest BCUT2D eigenvalue weighted by Gasteiger charge is -2.07. The molecule has 2 aromatic heterocycles. The fourth-order valence-electron chi connectivity index (χ4n) is 2.86. The summed E-state index contributed by atoms with van der Waals surface area (Å²) < 4.78 is 1.99. The Kier molecular flexibility index (Phi) is 5.02. The summed E-state index contributed by atoms with van der Waals surface area (Å²) in [5.41, 5.74) is 2.32. The summed E-state index contributed by atoms with van der Waals surface area (Å²) >= 11 is 0. The van der Waals surface area contributed by atoms with Crippen molar-refractivity contribution in [3.63, 3.8) is 0 Å². The number of carbonyl (C=O) groups is 1. The Balaban J connectivity index is 1.66. The predicted octanol–water partition coefficient (Wildman–Crippen LogP) is 3.35. The van der Waals surface area contributed by atoms with E-state index in [4.69, 9.17) is 0 Å². The maximum Gasteiger partial charge on any atom is 0.260 e. The zero-order valence-corrected chi connectivity index (χ0v) is 14.9. The molecule has 3 aromatic rings. The van der Waals surface area contributed by atoms with Crippen molar-refractivity contribution in [1.82, 2.24) is 14.9 Å². The first-order chi connectivity index (χ1) is 12.5. The van der Waals surface area contributed by atoms with Crippen molar-refractivity contribution in [3.8, 4) is 17.3 Å². The van der Waals surface area contributed by atoms with E-state index in [1.54, 1.807) is 0 Å². The number of hydrogen-bond acceptors (Lipinski definition) is 3. The fourth-order valence-corrected chi connectivity index (χ4v) is 2.86. The molecule has 26 heavy (non-hydrogen) atoms. The third-order valence-corrected chi connectivity index (χ3v) is 4.16. The average molecular weight is 353 g/mol. The van der Waals surface area contributed by atoms with Crippen molar-refractivity contribution in [3.05, 3.63) is 65.6 Å². The normalized spacial score (nSPS) is 11.0. The van der Waals surface area contributed by atoms with Crippen LogP contribution in [0, 0.1) is 5.92 Å². The van der Waals surface area contributed by atoms with E-state index in [0.29, 0.717) is 18.7 Å². The average Bonchev–Trinajstić information content (AvgIpc) is 3.22. The Morgan fingerprint density at radius 2 is 1.81 bits per heavy atom. The molecule has 6 heteroatoms. The third kappa shape index (κ3) is 3.74. The van der Waals surface area contributed by atoms with E-state index in [9.17, 15) is 15.0 Å². The predicted molar refractivity (Wildman–Crippen MR) is 99.6 cm³/mol. The molecule has 0 spiro atoms. The number of aromatic nitrogens is 2. The lowest BCUT2D eigenvalue weighted by Crippen LogP contribution is -2.22. The van der Waals surface area contributed by atoms with Crippen LogP contribution in [0.25, 0.3) is 5.69 Å². The van der Waals surface area contributed by atoms with Crippen LogP contribution in [0.15, 0.2) is 48.8 Å². The molecule has 1 amide bonds. The van der Waals surface area contributed by atoms with Crippen LogP contribution < -0.4 is 5.32 Å². The van der Waals surface area contributed by atoms with Gasteiger partial charge in [-0.15, -0.1) is 0 Å². The van der Waals surface area contributed by atoms with E-state index in [0.717, 1.165) is 11.3 Å². The Labute approximate surface area is 152 Å². The Bertz CT molecular complexity index is 878. The highest BCUT2D eigenvalue weighted by Gasteiger charge is 2.23. The van der Waals surface area contributed by atoms with E-state index in [-0.39, 0.29) is 23.1 Å². The summed E-state index contributed by atoms with van der Waals surface area (Å²) in [6.45, 7) is 4.29. The second kappa shape index (κ2) is 7.39. The highest BCUT2D eigenvalue weighted by atomic mass is 16.3. The molecule has 0 aliphatic carbocycles. The number of carbonyl (C=O) groups excluding carboxylic acids is 1. The molecule has 0 bridgehead atoms. The number of nitrogens with one attached hydrogen (secondary N) is 2. The number of aromatic hydroxyl groups is 2. The zero-order chi connectivity index (χ0) is 18.7. The minimum atomic E-state index is -0.513. The number of aromatic amines is 1. The summed E-state index contributed by atoms with van der Waals surface area (Å²) in [5, 5.41) is 22.9. The molecule has 0 saturated carbocycles. The van der Waals surface area contributed by atoms with Crippen LogP contribution in [-0.4, -0.2) is 25.7 Å². The molecular formula is C20H23N3O3. The van der Waals surface area contributed by atoms with Gasteiger partial charge in [0.15, 0.2) is 5.75 Å². The molecule has 6 nitrogen and oxygen atoms in total. The molecule has 136 valence electrons. The molecule has 0 fully saturated rings. The molecule has 2 heterocycles. The first-order valence-electron chi connectivity index (χ1n) is 8.59. The van der Waals surface area contributed by atoms with Crippen LogP contribution in [0.3, 0.4) is 0 Å². The fraction of sp³-hybridized carbons (Fsp3) is 0.250. The standard InChI is InChI=1S/C20H23N3O3/c1-13(2)11-16-18(24)17(20(26)22-16)19(25)21-12-14-5-7-15(8-6-14)23-9-3-4-10-23/h3-10,13,22,24,26H,11-12H2,1-2H3,(H,21,25). The second-order valence-electron chi connectivity index (χ2n) is 6.71. The topological polar surface area (TPSA) is 90.3 Å². The van der Waals surface area contributed by atoms with E-state index in [1.165, 1.54) is 0 Å². The summed E-state index contributed by atoms with van der Waals surface area (Å²) in [5.74, 6) is -0.718. The van der Waals surface area contributed by atoms with Crippen molar-refractivity contribution >= 4 is 5.91 Å². The summed E-state index contributed by atoms with van der Waals surface area (Å²) in [6, 6.07) is 11.7. The minimum absolute atomic E-state index is 0.107. The van der Waals surface area contributed by atoms with Gasteiger partial charge < -0.3 is 25.1 Å². The molecule has 0 aliphatic heterocycles. The Hall–Kier alpha value is -3.15. The number of nitrogens with zero attached hydrogens (tertiary/aromatic N) is 1. The van der Waals surface area contributed by atoms with Gasteiger partial charge in [-0.3, -0.25) is 4.79 Å². The van der Waals surface area contributed by atoms with Gasteiger partial charge >= 0.3 is 0 Å².